The number of primary amides is 1. The molecule has 7 atom stereocenters. The summed E-state index contributed by atoms with van der Waals surface area (Å²) in [4.78, 5) is 153. The summed E-state index contributed by atoms with van der Waals surface area (Å²) >= 11 is 0. The van der Waals surface area contributed by atoms with E-state index in [1.165, 1.54) is 29.2 Å². The van der Waals surface area contributed by atoms with Gasteiger partial charge in [0.1, 0.15) is 48.5 Å². The molecule has 0 radical (unpaired) electrons. The summed E-state index contributed by atoms with van der Waals surface area (Å²) in [5, 5.41) is 62.8. The lowest BCUT2D eigenvalue weighted by Crippen LogP contribution is -2.60. The summed E-state index contributed by atoms with van der Waals surface area (Å²) in [5.41, 5.74) is 11.4. The third-order valence-electron chi connectivity index (χ3n) is 9.86. The number of aliphatic carboxylic acids is 3. The number of nitrogens with one attached hydrogen (secondary N) is 7. The van der Waals surface area contributed by atoms with Gasteiger partial charge in [-0.15, -0.1) is 0 Å². The largest absolute Gasteiger partial charge is 0.508 e. The smallest absolute Gasteiger partial charge is 0.322 e. The molecule has 27 nitrogen and oxygen atoms in total. The van der Waals surface area contributed by atoms with Gasteiger partial charge in [0.15, 0.2) is 0 Å². The molecule has 66 heavy (non-hydrogen) atoms. The van der Waals surface area contributed by atoms with Gasteiger partial charge in [0, 0.05) is 19.4 Å². The summed E-state index contributed by atoms with van der Waals surface area (Å²) in [5.74, 6) is -14.6. The number of benzene rings is 1. The van der Waals surface area contributed by atoms with E-state index in [0.29, 0.717) is 12.0 Å². The van der Waals surface area contributed by atoms with Crippen LogP contribution < -0.4 is 48.7 Å². The van der Waals surface area contributed by atoms with Crippen LogP contribution in [-0.2, 0) is 64.0 Å². The van der Waals surface area contributed by atoms with Crippen LogP contribution in [0.1, 0.15) is 57.9 Å². The topological polar surface area (TPSA) is 445 Å². The number of phenols is 1. The maximum atomic E-state index is 13.7. The Bertz CT molecular complexity index is 1980. The molecule has 0 unspecified atom stereocenters. The number of phenolic OH excluding ortho intramolecular Hbond substituents is 1. The van der Waals surface area contributed by atoms with Gasteiger partial charge >= 0.3 is 17.9 Å². The van der Waals surface area contributed by atoms with E-state index in [1.54, 1.807) is 13.8 Å². The van der Waals surface area contributed by atoms with Crippen molar-refractivity contribution in [2.45, 2.75) is 101 Å². The van der Waals surface area contributed by atoms with Gasteiger partial charge in [-0.2, -0.15) is 0 Å². The van der Waals surface area contributed by atoms with Crippen molar-refractivity contribution in [1.82, 2.24) is 42.1 Å². The summed E-state index contributed by atoms with van der Waals surface area (Å²) in [6.07, 6.45) is -2.90. The van der Waals surface area contributed by atoms with Crippen LogP contribution in [0.25, 0.3) is 0 Å². The molecule has 2 rings (SSSR count). The number of likely N-dealkylation sites (tertiary alicyclic amines) is 1. The normalized spacial score (nSPS) is 15.9. The van der Waals surface area contributed by atoms with Crippen molar-refractivity contribution < 1.29 is 83.1 Å². The summed E-state index contributed by atoms with van der Waals surface area (Å²) in [6, 6.07) is -5.96. The van der Waals surface area contributed by atoms with Gasteiger partial charge in [0.2, 0.25) is 53.2 Å². The second kappa shape index (κ2) is 26.4. The van der Waals surface area contributed by atoms with E-state index in [4.69, 9.17) is 16.6 Å². The van der Waals surface area contributed by atoms with E-state index in [2.05, 4.69) is 21.3 Å². The van der Waals surface area contributed by atoms with Crippen LogP contribution in [0.3, 0.4) is 0 Å². The SMILES string of the molecule is CC(C)[C@H](N)C(=O)N1CCC[C@H]1C(=O)N[C@@H](CO)C(=O)N[C@@H](CC(=O)O)C(=O)N[C@@H](CC(=O)O)C(=O)N[C@@H](Cc1ccc(O)cc1)C(=O)NCC(=O)N[C@@H](CCC(N)=O)C(=O)NCC(=O)O. The minimum Gasteiger partial charge on any atom is -0.508 e. The minimum absolute atomic E-state index is 0.180. The Morgan fingerprint density at radius 1 is 0.682 bits per heavy atom. The Kier molecular flexibility index (Phi) is 21.9. The number of carbonyl (C=O) groups excluding carboxylic acids is 9. The Balaban J connectivity index is 2.28. The molecule has 1 saturated heterocycles. The number of carbonyl (C=O) groups is 12. The van der Waals surface area contributed by atoms with Crippen LogP contribution in [0.5, 0.6) is 5.75 Å². The van der Waals surface area contributed by atoms with Gasteiger partial charge in [-0.05, 0) is 42.9 Å². The van der Waals surface area contributed by atoms with Crippen LogP contribution in [0.15, 0.2) is 24.3 Å². The van der Waals surface area contributed by atoms with Crippen molar-refractivity contribution in [3.63, 3.8) is 0 Å². The molecule has 1 aromatic rings. The molecule has 9 amide bonds. The number of hydrogen-bond acceptors (Lipinski definition) is 15. The average Bonchev–Trinajstić information content (AvgIpc) is 3.74. The third-order valence-corrected chi connectivity index (χ3v) is 9.86. The molecule has 0 aromatic heterocycles. The third kappa shape index (κ3) is 18.4. The van der Waals surface area contributed by atoms with Crippen molar-refractivity contribution in [2.24, 2.45) is 17.4 Å². The first-order valence-electron chi connectivity index (χ1n) is 20.4. The fourth-order valence-electron chi connectivity index (χ4n) is 6.28. The molecule has 0 bridgehead atoms. The Hall–Kier alpha value is -7.42. The van der Waals surface area contributed by atoms with E-state index in [0.717, 1.165) is 0 Å². The van der Waals surface area contributed by atoms with Crippen LogP contribution in [0.4, 0.5) is 0 Å². The quantitative estimate of drug-likeness (QED) is 0.0390. The van der Waals surface area contributed by atoms with Crippen LogP contribution in [0, 0.1) is 5.92 Å². The number of aliphatic hydroxyl groups is 1. The second-order valence-electron chi connectivity index (χ2n) is 15.4. The summed E-state index contributed by atoms with van der Waals surface area (Å²) in [6.45, 7) is 0.803. The first-order chi connectivity index (χ1) is 30.9. The number of rotatable bonds is 27. The van der Waals surface area contributed by atoms with E-state index >= 15 is 0 Å². The fourth-order valence-corrected chi connectivity index (χ4v) is 6.28. The number of hydrogen-bond donors (Lipinski definition) is 14. The molecular formula is C39H56N10O17. The number of nitrogens with two attached hydrogens (primary N) is 2. The number of carboxylic acid groups (broad SMARTS) is 3. The molecule has 1 aliphatic rings. The highest BCUT2D eigenvalue weighted by Crippen LogP contribution is 2.20. The van der Waals surface area contributed by atoms with Crippen LogP contribution in [-0.4, -0.2) is 170 Å². The van der Waals surface area contributed by atoms with Gasteiger partial charge in [-0.3, -0.25) is 57.5 Å². The molecule has 1 aromatic carbocycles. The van der Waals surface area contributed by atoms with Gasteiger partial charge < -0.3 is 79.1 Å². The summed E-state index contributed by atoms with van der Waals surface area (Å²) in [7, 11) is 0. The number of carboxylic acids is 3. The molecule has 27 heteroatoms. The maximum Gasteiger partial charge on any atom is 0.322 e. The number of nitrogens with zero attached hydrogens (tertiary/aromatic N) is 1. The fraction of sp³-hybridized carbons (Fsp3) is 0.538. The van der Waals surface area contributed by atoms with Gasteiger partial charge in [0.05, 0.1) is 32.0 Å². The predicted octanol–water partition coefficient (Wildman–Crippen LogP) is -6.14. The molecule has 1 aliphatic heterocycles. The molecular weight excluding hydrogens is 880 g/mol. The van der Waals surface area contributed by atoms with E-state index in [1.807, 2.05) is 16.0 Å². The Labute approximate surface area is 376 Å². The maximum absolute atomic E-state index is 13.7. The first kappa shape index (κ1) is 54.7. The van der Waals surface area contributed by atoms with E-state index in [9.17, 15) is 78.0 Å². The first-order valence-corrected chi connectivity index (χ1v) is 20.4. The van der Waals surface area contributed by atoms with Crippen LogP contribution >= 0.6 is 0 Å². The Morgan fingerprint density at radius 3 is 1.70 bits per heavy atom. The van der Waals surface area contributed by atoms with Crippen molar-refractivity contribution in [2.75, 3.05) is 26.2 Å². The van der Waals surface area contributed by atoms with Crippen molar-refractivity contribution in [3.05, 3.63) is 29.8 Å². The van der Waals surface area contributed by atoms with Crippen molar-refractivity contribution >= 4 is 71.1 Å². The highest BCUT2D eigenvalue weighted by atomic mass is 16.4. The predicted molar refractivity (Wildman–Crippen MR) is 223 cm³/mol. The number of aromatic hydroxyl groups is 1. The lowest BCUT2D eigenvalue weighted by atomic mass is 10.0. The molecule has 1 heterocycles. The lowest BCUT2D eigenvalue weighted by molar-refractivity contribution is -0.144. The molecule has 16 N–H and O–H groups in total. The van der Waals surface area contributed by atoms with Gasteiger partial charge in [-0.25, -0.2) is 0 Å². The van der Waals surface area contributed by atoms with E-state index in [-0.39, 0.29) is 31.1 Å². The summed E-state index contributed by atoms with van der Waals surface area (Å²) < 4.78 is 0. The highest BCUT2D eigenvalue weighted by Gasteiger charge is 2.39. The zero-order valence-corrected chi connectivity index (χ0v) is 35.9. The minimum atomic E-state index is -2.08. The average molecular weight is 937 g/mol. The monoisotopic (exact) mass is 936 g/mol. The molecule has 0 spiro atoms. The van der Waals surface area contributed by atoms with Crippen LogP contribution in [0.2, 0.25) is 0 Å². The van der Waals surface area contributed by atoms with Crippen molar-refractivity contribution in [1.29, 1.82) is 0 Å². The zero-order valence-electron chi connectivity index (χ0n) is 35.9. The van der Waals surface area contributed by atoms with Gasteiger partial charge in [-0.1, -0.05) is 26.0 Å². The van der Waals surface area contributed by atoms with Crippen molar-refractivity contribution in [3.8, 4) is 5.75 Å². The molecule has 0 saturated carbocycles. The standard InChI is InChI=1S/C39H56N10O17/c1-18(2)32(41)39(66)49-11-3-4-26(49)38(65)48-25(17-50)37(64)47-24(14-30(56)57)36(63)46-23(13-29(54)55)35(62)45-22(12-19-5-7-20(51)8-6-19)34(61)42-15-28(53)44-21(9-10-27(40)52)33(60)43-16-31(58)59/h5-8,18,21-26,32,50-51H,3-4,9-17,41H2,1-2H3,(H2,40,52)(H,42,61)(H,43,60)(H,44,53)(H,45,62)(H,46,63)(H,47,64)(H,48,65)(H,54,55)(H,56,57)(H,58,59)/t21-,22-,23-,24-,25-,26-,32-/m0/s1. The molecule has 0 aliphatic carbocycles. The Morgan fingerprint density at radius 2 is 1.20 bits per heavy atom. The molecule has 1 fully saturated rings. The second-order valence-corrected chi connectivity index (χ2v) is 15.4. The van der Waals surface area contributed by atoms with Gasteiger partial charge in [0.25, 0.3) is 0 Å². The number of aliphatic hydroxyl groups excluding tert-OH is 1. The molecule has 364 valence electrons. The van der Waals surface area contributed by atoms with E-state index < -0.39 is 159 Å². The lowest BCUT2D eigenvalue weighted by Gasteiger charge is -2.29. The highest BCUT2D eigenvalue weighted by molar-refractivity contribution is 5.99. The number of amides is 9. The zero-order chi connectivity index (χ0) is 49.8.